The summed E-state index contributed by atoms with van der Waals surface area (Å²) in [7, 11) is 0. The molecule has 2 aromatic rings. The Morgan fingerprint density at radius 3 is 2.03 bits per heavy atom. The lowest BCUT2D eigenvalue weighted by Crippen LogP contribution is -2.58. The fraction of sp³-hybridized carbons (Fsp3) is 0.556. The molecule has 2 aromatic carbocycles. The SMILES string of the molecule is CC1(C)OC2O[C@@](COCc3ccccc3)(C3COC(C)(C)O3)C(OCc3ccccc3)C2O1. The predicted octanol–water partition coefficient (Wildman–Crippen LogP) is 4.19. The molecule has 3 aliphatic rings. The number of rotatable bonds is 8. The highest BCUT2D eigenvalue weighted by atomic mass is 16.9. The third-order valence-electron chi connectivity index (χ3n) is 6.47. The van der Waals surface area contributed by atoms with Gasteiger partial charge < -0.3 is 33.2 Å². The molecule has 0 N–H and O–H groups in total. The fourth-order valence-electron chi connectivity index (χ4n) is 4.91. The summed E-state index contributed by atoms with van der Waals surface area (Å²) in [6, 6.07) is 20.1. The van der Waals surface area contributed by atoms with Crippen LogP contribution in [0.3, 0.4) is 0 Å². The van der Waals surface area contributed by atoms with Gasteiger partial charge in [-0.3, -0.25) is 0 Å². The summed E-state index contributed by atoms with van der Waals surface area (Å²) in [5.74, 6) is -1.50. The summed E-state index contributed by atoms with van der Waals surface area (Å²) in [5, 5.41) is 0. The minimum absolute atomic E-state index is 0.242. The zero-order valence-electron chi connectivity index (χ0n) is 20.3. The van der Waals surface area contributed by atoms with Gasteiger partial charge in [0, 0.05) is 0 Å². The first-order chi connectivity index (χ1) is 16.3. The van der Waals surface area contributed by atoms with Crippen LogP contribution in [0, 0.1) is 0 Å². The molecule has 0 radical (unpaired) electrons. The number of benzene rings is 2. The molecule has 0 bridgehead atoms. The Labute approximate surface area is 201 Å². The van der Waals surface area contributed by atoms with Crippen LogP contribution >= 0.6 is 0 Å². The smallest absolute Gasteiger partial charge is 0.190 e. The van der Waals surface area contributed by atoms with Crippen LogP contribution in [0.25, 0.3) is 0 Å². The van der Waals surface area contributed by atoms with Crippen LogP contribution in [0.15, 0.2) is 60.7 Å². The van der Waals surface area contributed by atoms with Crippen LogP contribution < -0.4 is 0 Å². The van der Waals surface area contributed by atoms with Crippen molar-refractivity contribution < 1.29 is 33.2 Å². The first-order valence-electron chi connectivity index (χ1n) is 11.9. The molecule has 4 unspecified atom stereocenters. The monoisotopic (exact) mass is 470 g/mol. The summed E-state index contributed by atoms with van der Waals surface area (Å²) in [5.41, 5.74) is 1.17. The van der Waals surface area contributed by atoms with E-state index < -0.39 is 41.8 Å². The molecule has 184 valence electrons. The number of ether oxygens (including phenoxy) is 7. The van der Waals surface area contributed by atoms with Gasteiger partial charge in [-0.1, -0.05) is 60.7 Å². The highest BCUT2D eigenvalue weighted by Crippen LogP contribution is 2.48. The zero-order valence-corrected chi connectivity index (χ0v) is 20.3. The maximum Gasteiger partial charge on any atom is 0.190 e. The van der Waals surface area contributed by atoms with Crippen LogP contribution in [0.2, 0.25) is 0 Å². The van der Waals surface area contributed by atoms with Gasteiger partial charge in [0.2, 0.25) is 0 Å². The van der Waals surface area contributed by atoms with E-state index in [-0.39, 0.29) is 6.61 Å². The van der Waals surface area contributed by atoms with Crippen LogP contribution in [-0.4, -0.2) is 55.0 Å². The average molecular weight is 471 g/mol. The molecule has 34 heavy (non-hydrogen) atoms. The van der Waals surface area contributed by atoms with E-state index in [2.05, 4.69) is 0 Å². The van der Waals surface area contributed by atoms with E-state index in [1.165, 1.54) is 0 Å². The Bertz CT molecular complexity index is 948. The second-order valence-corrected chi connectivity index (χ2v) is 10.1. The molecule has 0 aromatic heterocycles. The Morgan fingerprint density at radius 1 is 0.765 bits per heavy atom. The molecule has 0 amide bonds. The van der Waals surface area contributed by atoms with Crippen molar-refractivity contribution >= 4 is 0 Å². The molecule has 0 saturated carbocycles. The van der Waals surface area contributed by atoms with Crippen molar-refractivity contribution in [1.82, 2.24) is 0 Å². The molecule has 5 rings (SSSR count). The Morgan fingerprint density at radius 2 is 1.41 bits per heavy atom. The van der Waals surface area contributed by atoms with Gasteiger partial charge in [0.25, 0.3) is 0 Å². The van der Waals surface area contributed by atoms with Crippen molar-refractivity contribution in [3.05, 3.63) is 71.8 Å². The summed E-state index contributed by atoms with van der Waals surface area (Å²) in [4.78, 5) is 0. The van der Waals surface area contributed by atoms with E-state index in [1.54, 1.807) is 0 Å². The Balaban J connectivity index is 1.42. The maximum absolute atomic E-state index is 6.62. The normalized spacial score (nSPS) is 33.8. The Hall–Kier alpha value is -1.84. The summed E-state index contributed by atoms with van der Waals surface area (Å²) < 4.78 is 44.1. The fourth-order valence-corrected chi connectivity index (χ4v) is 4.91. The lowest BCUT2D eigenvalue weighted by Gasteiger charge is -2.40. The van der Waals surface area contributed by atoms with Gasteiger partial charge in [-0.05, 0) is 38.8 Å². The average Bonchev–Trinajstić information content (AvgIpc) is 3.41. The standard InChI is InChI=1S/C27H34O7/c1-25(2)30-17-21(31-25)27(18-28-15-19-11-7-5-8-12-19)23(29-16-20-13-9-6-10-14-20)22-24(34-27)33-26(3,4)32-22/h5-14,21-24H,15-18H2,1-4H3/t21?,22?,23?,24?,27-/m0/s1. The molecule has 0 spiro atoms. The molecule has 3 fully saturated rings. The molecule has 3 saturated heterocycles. The summed E-state index contributed by atoms with van der Waals surface area (Å²) >= 11 is 0. The third-order valence-corrected chi connectivity index (χ3v) is 6.47. The lowest BCUT2D eigenvalue weighted by molar-refractivity contribution is -0.281. The molecule has 7 nitrogen and oxygen atoms in total. The van der Waals surface area contributed by atoms with Gasteiger partial charge in [0.1, 0.15) is 18.3 Å². The van der Waals surface area contributed by atoms with Gasteiger partial charge in [-0.15, -0.1) is 0 Å². The molecule has 7 heteroatoms. The highest BCUT2D eigenvalue weighted by Gasteiger charge is 2.67. The van der Waals surface area contributed by atoms with E-state index in [9.17, 15) is 0 Å². The molecular formula is C27H34O7. The van der Waals surface area contributed by atoms with Gasteiger partial charge >= 0.3 is 0 Å². The van der Waals surface area contributed by atoms with Crippen molar-refractivity contribution in [3.8, 4) is 0 Å². The number of hydrogen-bond donors (Lipinski definition) is 0. The Kier molecular flexibility index (Phi) is 6.54. The highest BCUT2D eigenvalue weighted by molar-refractivity contribution is 5.16. The van der Waals surface area contributed by atoms with Crippen LogP contribution in [0.1, 0.15) is 38.8 Å². The predicted molar refractivity (Wildman–Crippen MR) is 124 cm³/mol. The van der Waals surface area contributed by atoms with E-state index in [4.69, 9.17) is 33.2 Å². The second kappa shape index (κ2) is 9.32. The van der Waals surface area contributed by atoms with Crippen molar-refractivity contribution in [2.75, 3.05) is 13.2 Å². The summed E-state index contributed by atoms with van der Waals surface area (Å²) in [6.45, 7) is 9.01. The minimum Gasteiger partial charge on any atom is -0.374 e. The second-order valence-electron chi connectivity index (χ2n) is 10.1. The number of fused-ring (bicyclic) bond motifs is 1. The van der Waals surface area contributed by atoms with Crippen molar-refractivity contribution in [2.24, 2.45) is 0 Å². The molecule has 0 aliphatic carbocycles. The van der Waals surface area contributed by atoms with Crippen LogP contribution in [-0.2, 0) is 46.4 Å². The molecule has 5 atom stereocenters. The van der Waals surface area contributed by atoms with Crippen LogP contribution in [0.5, 0.6) is 0 Å². The molecular weight excluding hydrogens is 436 g/mol. The largest absolute Gasteiger partial charge is 0.374 e. The van der Waals surface area contributed by atoms with Crippen LogP contribution in [0.4, 0.5) is 0 Å². The maximum atomic E-state index is 6.62. The lowest BCUT2D eigenvalue weighted by atomic mass is 9.89. The zero-order chi connectivity index (χ0) is 23.8. The van der Waals surface area contributed by atoms with Crippen molar-refractivity contribution in [1.29, 1.82) is 0 Å². The van der Waals surface area contributed by atoms with Gasteiger partial charge in [-0.2, -0.15) is 0 Å². The van der Waals surface area contributed by atoms with Crippen molar-refractivity contribution in [2.45, 2.75) is 82.7 Å². The minimum atomic E-state index is -0.969. The van der Waals surface area contributed by atoms with E-state index >= 15 is 0 Å². The van der Waals surface area contributed by atoms with Crippen molar-refractivity contribution in [3.63, 3.8) is 0 Å². The van der Waals surface area contributed by atoms with Gasteiger partial charge in [0.15, 0.2) is 23.5 Å². The molecule has 3 aliphatic heterocycles. The van der Waals surface area contributed by atoms with E-state index in [1.807, 2.05) is 88.4 Å². The third kappa shape index (κ3) is 4.93. The molecule has 3 heterocycles. The topological polar surface area (TPSA) is 64.6 Å². The van der Waals surface area contributed by atoms with Gasteiger partial charge in [0.05, 0.1) is 26.4 Å². The number of hydrogen-bond acceptors (Lipinski definition) is 7. The summed E-state index contributed by atoms with van der Waals surface area (Å²) in [6.07, 6.45) is -1.92. The quantitative estimate of drug-likeness (QED) is 0.573. The first kappa shape index (κ1) is 23.9. The van der Waals surface area contributed by atoms with E-state index in [0.717, 1.165) is 11.1 Å². The van der Waals surface area contributed by atoms with E-state index in [0.29, 0.717) is 19.8 Å². The van der Waals surface area contributed by atoms with Gasteiger partial charge in [-0.25, -0.2) is 0 Å². The first-order valence-corrected chi connectivity index (χ1v) is 11.9.